The molecule has 2 rings (SSSR count). The van der Waals surface area contributed by atoms with Crippen molar-refractivity contribution in [2.24, 2.45) is 0 Å². The van der Waals surface area contributed by atoms with Crippen LogP contribution in [0.1, 0.15) is 0 Å². The number of rotatable bonds is 0. The Kier molecular flexibility index (Phi) is 3.25. The molecule has 0 aromatic carbocycles. The maximum absolute atomic E-state index is 5.08. The van der Waals surface area contributed by atoms with Gasteiger partial charge in [-0.05, 0) is 10.8 Å². The fourth-order valence-corrected chi connectivity index (χ4v) is 5.83. The van der Waals surface area contributed by atoms with Gasteiger partial charge in [-0.2, -0.15) is 0 Å². The average molecular weight is 266 g/mol. The lowest BCUT2D eigenvalue weighted by Gasteiger charge is -2.11. The Morgan fingerprint density at radius 2 is 1.33 bits per heavy atom. The molecule has 6 heteroatoms. The molecule has 0 nitrogen and oxygen atoms in total. The number of hydrogen-bond acceptors (Lipinski definition) is 6. The lowest BCUT2D eigenvalue weighted by molar-refractivity contribution is 2.38. The van der Waals surface area contributed by atoms with E-state index in [1.54, 1.807) is 47.0 Å². The zero-order chi connectivity index (χ0) is 8.55. The van der Waals surface area contributed by atoms with Crippen LogP contribution < -0.4 is 0 Å². The minimum atomic E-state index is 0.852. The summed E-state index contributed by atoms with van der Waals surface area (Å²) in [6.45, 7) is 0. The lowest BCUT2D eigenvalue weighted by Crippen LogP contribution is -1.65. The molecule has 0 saturated carbocycles. The molecule has 0 bridgehead atoms. The Balaban J connectivity index is 2.16. The zero-order valence-corrected chi connectivity index (χ0v) is 10.5. The molecule has 0 unspecified atom stereocenters. The maximum Gasteiger partial charge on any atom is 0.0693 e. The Hall–Kier alpha value is 1.06. The molecule has 0 amide bonds. The fraction of sp³-hybridized carbons (Fsp3) is 0. The van der Waals surface area contributed by atoms with Gasteiger partial charge >= 0.3 is 0 Å². The van der Waals surface area contributed by atoms with E-state index in [1.807, 2.05) is 0 Å². The highest BCUT2D eigenvalue weighted by atomic mass is 32.2. The Bertz CT molecular complexity index is 273. The van der Waals surface area contributed by atoms with Crippen LogP contribution >= 0.6 is 47.0 Å². The molecular formula is C6H2S6-2. The van der Waals surface area contributed by atoms with E-state index in [1.165, 1.54) is 8.47 Å². The molecule has 64 valence electrons. The van der Waals surface area contributed by atoms with Crippen molar-refractivity contribution in [1.29, 1.82) is 0 Å². The van der Waals surface area contributed by atoms with Crippen LogP contribution in [0.4, 0.5) is 0 Å². The van der Waals surface area contributed by atoms with Crippen molar-refractivity contribution in [1.82, 2.24) is 0 Å². The van der Waals surface area contributed by atoms with Gasteiger partial charge in [0.05, 0.1) is 8.47 Å². The first-order valence-electron chi connectivity index (χ1n) is 2.94. The highest BCUT2D eigenvalue weighted by Crippen LogP contribution is 2.55. The molecule has 0 atom stereocenters. The summed E-state index contributed by atoms with van der Waals surface area (Å²) < 4.78 is 4.27. The summed E-state index contributed by atoms with van der Waals surface area (Å²) in [4.78, 5) is 0. The molecule has 0 aromatic heterocycles. The first-order chi connectivity index (χ1) is 5.77. The zero-order valence-electron chi connectivity index (χ0n) is 5.60. The molecular weight excluding hydrogens is 264 g/mol. The van der Waals surface area contributed by atoms with Gasteiger partial charge < -0.3 is 25.3 Å². The van der Waals surface area contributed by atoms with Gasteiger partial charge in [0.1, 0.15) is 0 Å². The predicted octanol–water partition coefficient (Wildman–Crippen LogP) is 3.76. The molecule has 2 aliphatic heterocycles. The lowest BCUT2D eigenvalue weighted by atomic mass is 11.2. The van der Waals surface area contributed by atoms with Crippen molar-refractivity contribution in [3.05, 3.63) is 27.8 Å². The van der Waals surface area contributed by atoms with Crippen LogP contribution in [0.2, 0.25) is 0 Å². The Morgan fingerprint density at radius 1 is 0.833 bits per heavy atom. The van der Waals surface area contributed by atoms with Crippen LogP contribution in [0, 0.1) is 0 Å². The summed E-state index contributed by atoms with van der Waals surface area (Å²) in [7, 11) is 0. The van der Waals surface area contributed by atoms with E-state index >= 15 is 0 Å². The van der Waals surface area contributed by atoms with E-state index in [2.05, 4.69) is 10.8 Å². The van der Waals surface area contributed by atoms with Crippen LogP contribution in [0.15, 0.2) is 27.8 Å². The molecule has 0 spiro atoms. The van der Waals surface area contributed by atoms with E-state index < -0.39 is 0 Å². The van der Waals surface area contributed by atoms with Gasteiger partial charge in [-0.3, -0.25) is 0 Å². The summed E-state index contributed by atoms with van der Waals surface area (Å²) in [5.74, 6) is 0. The topological polar surface area (TPSA) is 0 Å². The highest BCUT2D eigenvalue weighted by molar-refractivity contribution is 8.37. The van der Waals surface area contributed by atoms with Gasteiger partial charge in [-0.1, -0.05) is 23.5 Å². The van der Waals surface area contributed by atoms with E-state index in [0.29, 0.717) is 0 Å². The predicted molar refractivity (Wildman–Crippen MR) is 68.3 cm³/mol. The molecule has 0 aromatic rings. The first-order valence-corrected chi connectivity index (χ1v) is 7.15. The van der Waals surface area contributed by atoms with E-state index in [0.717, 1.165) is 8.47 Å². The van der Waals surface area contributed by atoms with Crippen molar-refractivity contribution in [2.75, 3.05) is 0 Å². The van der Waals surface area contributed by atoms with E-state index in [-0.39, 0.29) is 0 Å². The summed E-state index contributed by atoms with van der Waals surface area (Å²) in [6.07, 6.45) is 0. The average Bonchev–Trinajstić information content (AvgIpc) is 2.61. The maximum atomic E-state index is 5.08. The van der Waals surface area contributed by atoms with Gasteiger partial charge in [0.15, 0.2) is 0 Å². The van der Waals surface area contributed by atoms with Crippen LogP contribution in [-0.2, 0) is 25.3 Å². The molecule has 12 heavy (non-hydrogen) atoms. The Labute approximate surface area is 99.3 Å². The normalized spacial score (nSPS) is 23.0. The summed E-state index contributed by atoms with van der Waals surface area (Å²) in [5, 5.41) is 4.16. The second kappa shape index (κ2) is 4.06. The minimum absolute atomic E-state index is 0.852. The molecule has 0 fully saturated rings. The van der Waals surface area contributed by atoms with Crippen molar-refractivity contribution in [3.63, 3.8) is 0 Å². The third kappa shape index (κ3) is 1.93. The quantitative estimate of drug-likeness (QED) is 0.608. The standard InChI is InChI=1S/C6H4S6/c7-3-4(8)12-6(11-3)5-9-1-2-10-5/h1-2,7-8H/p-2. The van der Waals surface area contributed by atoms with E-state index in [9.17, 15) is 0 Å². The van der Waals surface area contributed by atoms with Crippen LogP contribution in [0.5, 0.6) is 0 Å². The second-order valence-corrected chi connectivity index (χ2v) is 7.59. The van der Waals surface area contributed by atoms with Crippen molar-refractivity contribution in [2.45, 2.75) is 0 Å². The van der Waals surface area contributed by atoms with Gasteiger partial charge in [-0.25, -0.2) is 0 Å². The minimum Gasteiger partial charge on any atom is -0.774 e. The van der Waals surface area contributed by atoms with Crippen LogP contribution in [0.25, 0.3) is 0 Å². The molecule has 2 heterocycles. The molecule has 0 saturated heterocycles. The SMILES string of the molecule is [S-]C1=C([S-])SC(=C2SC=CS2)S1. The molecule has 2 aliphatic rings. The summed E-state index contributed by atoms with van der Waals surface area (Å²) >= 11 is 16.9. The van der Waals surface area contributed by atoms with Crippen molar-refractivity contribution < 1.29 is 0 Å². The third-order valence-corrected chi connectivity index (χ3v) is 7.24. The van der Waals surface area contributed by atoms with Gasteiger partial charge in [0.2, 0.25) is 0 Å². The summed E-state index contributed by atoms with van der Waals surface area (Å²) in [6, 6.07) is 0. The van der Waals surface area contributed by atoms with E-state index in [4.69, 9.17) is 25.3 Å². The number of hydrogen-bond donors (Lipinski definition) is 0. The van der Waals surface area contributed by atoms with Crippen LogP contribution in [-0.4, -0.2) is 0 Å². The monoisotopic (exact) mass is 266 g/mol. The molecule has 0 radical (unpaired) electrons. The van der Waals surface area contributed by atoms with Gasteiger partial charge in [0.25, 0.3) is 0 Å². The van der Waals surface area contributed by atoms with Gasteiger partial charge in [0, 0.05) is 0 Å². The number of thioether (sulfide) groups is 4. The second-order valence-electron chi connectivity index (χ2n) is 1.86. The van der Waals surface area contributed by atoms with Crippen LogP contribution in [0.3, 0.4) is 0 Å². The first kappa shape index (κ1) is 9.61. The van der Waals surface area contributed by atoms with Gasteiger partial charge in [-0.15, -0.1) is 32.0 Å². The van der Waals surface area contributed by atoms with Crippen molar-refractivity contribution >= 4 is 72.3 Å². The fourth-order valence-electron chi connectivity index (χ4n) is 0.659. The molecule has 0 aliphatic carbocycles. The highest BCUT2D eigenvalue weighted by Gasteiger charge is 2.14. The largest absolute Gasteiger partial charge is 0.774 e. The van der Waals surface area contributed by atoms with Crippen molar-refractivity contribution in [3.8, 4) is 0 Å². The Morgan fingerprint density at radius 3 is 1.83 bits per heavy atom. The summed E-state index contributed by atoms with van der Waals surface area (Å²) in [5.41, 5.74) is 0. The third-order valence-electron chi connectivity index (χ3n) is 1.11. The molecule has 0 N–H and O–H groups in total. The smallest absolute Gasteiger partial charge is 0.0693 e.